The number of nitrogens with one attached hydrogen (secondary N) is 1. The van der Waals surface area contributed by atoms with Crippen LogP contribution < -0.4 is 5.32 Å². The highest BCUT2D eigenvalue weighted by Gasteiger charge is 2.24. The molecule has 1 aromatic rings. The molecule has 2 rings (SSSR count). The lowest BCUT2D eigenvalue weighted by molar-refractivity contribution is 0.0624. The number of anilines is 1. The standard InChI is InChI=1S/C15H23FN4O/c1-11(2)10-19-4-6-20(7-5-19)15(21)13-8-12(16)9-18-14(13)17-3/h8-9,11H,4-7,10H2,1-3H3,(H,17,18). The molecular formula is C15H23FN4O. The van der Waals surface area contributed by atoms with Crippen LogP contribution in [0.1, 0.15) is 24.2 Å². The molecule has 21 heavy (non-hydrogen) atoms. The van der Waals surface area contributed by atoms with Crippen molar-refractivity contribution < 1.29 is 9.18 Å². The maximum atomic E-state index is 13.3. The number of carbonyl (C=O) groups excluding carboxylic acids is 1. The largest absolute Gasteiger partial charge is 0.372 e. The summed E-state index contributed by atoms with van der Waals surface area (Å²) in [5.74, 6) is 0.396. The Morgan fingerprint density at radius 3 is 2.62 bits per heavy atom. The van der Waals surface area contributed by atoms with E-state index in [1.165, 1.54) is 6.07 Å². The second-order valence-corrected chi connectivity index (χ2v) is 5.79. The van der Waals surface area contributed by atoms with Crippen molar-refractivity contribution in [2.45, 2.75) is 13.8 Å². The van der Waals surface area contributed by atoms with E-state index >= 15 is 0 Å². The number of rotatable bonds is 4. The molecule has 6 heteroatoms. The van der Waals surface area contributed by atoms with Crippen LogP contribution in [0.4, 0.5) is 10.2 Å². The average molecular weight is 294 g/mol. The maximum Gasteiger partial charge on any atom is 0.257 e. The molecule has 1 fully saturated rings. The van der Waals surface area contributed by atoms with E-state index < -0.39 is 5.82 Å². The molecule has 1 N–H and O–H groups in total. The highest BCUT2D eigenvalue weighted by atomic mass is 19.1. The van der Waals surface area contributed by atoms with Gasteiger partial charge in [-0.2, -0.15) is 0 Å². The lowest BCUT2D eigenvalue weighted by Gasteiger charge is -2.35. The van der Waals surface area contributed by atoms with E-state index in [0.717, 1.165) is 25.8 Å². The summed E-state index contributed by atoms with van der Waals surface area (Å²) in [5, 5.41) is 2.84. The smallest absolute Gasteiger partial charge is 0.257 e. The van der Waals surface area contributed by atoms with Gasteiger partial charge < -0.3 is 10.2 Å². The first-order chi connectivity index (χ1) is 10.0. The molecule has 116 valence electrons. The Hall–Kier alpha value is -1.69. The van der Waals surface area contributed by atoms with Crippen LogP contribution in [0.3, 0.4) is 0 Å². The van der Waals surface area contributed by atoms with E-state index in [0.29, 0.717) is 30.4 Å². The van der Waals surface area contributed by atoms with E-state index in [-0.39, 0.29) is 5.91 Å². The number of piperazine rings is 1. The van der Waals surface area contributed by atoms with Gasteiger partial charge in [0.05, 0.1) is 11.8 Å². The van der Waals surface area contributed by atoms with Crippen molar-refractivity contribution in [2.75, 3.05) is 45.1 Å². The van der Waals surface area contributed by atoms with Crippen molar-refractivity contribution in [3.05, 3.63) is 23.6 Å². The zero-order valence-corrected chi connectivity index (χ0v) is 12.9. The minimum atomic E-state index is -0.490. The Kier molecular flexibility index (Phi) is 5.12. The van der Waals surface area contributed by atoms with Crippen LogP contribution in [0, 0.1) is 11.7 Å². The summed E-state index contributed by atoms with van der Waals surface area (Å²) in [6.45, 7) is 8.50. The molecule has 0 aliphatic carbocycles. The summed E-state index contributed by atoms with van der Waals surface area (Å²) >= 11 is 0. The zero-order valence-electron chi connectivity index (χ0n) is 12.9. The van der Waals surface area contributed by atoms with Crippen LogP contribution in [0.15, 0.2) is 12.3 Å². The van der Waals surface area contributed by atoms with Gasteiger partial charge in [-0.1, -0.05) is 13.8 Å². The summed E-state index contributed by atoms with van der Waals surface area (Å²) in [5.41, 5.74) is 0.301. The lowest BCUT2D eigenvalue weighted by Crippen LogP contribution is -2.49. The van der Waals surface area contributed by atoms with Crippen LogP contribution in [0.5, 0.6) is 0 Å². The number of hydrogen-bond donors (Lipinski definition) is 1. The Bertz CT molecular complexity index is 498. The summed E-state index contributed by atoms with van der Waals surface area (Å²) in [6, 6.07) is 1.25. The highest BCUT2D eigenvalue weighted by molar-refractivity contribution is 5.98. The molecule has 0 saturated carbocycles. The van der Waals surface area contributed by atoms with Gasteiger partial charge in [-0.3, -0.25) is 9.69 Å². The quantitative estimate of drug-likeness (QED) is 0.918. The molecule has 0 spiro atoms. The van der Waals surface area contributed by atoms with E-state index in [1.807, 2.05) is 0 Å². The van der Waals surface area contributed by atoms with E-state index in [1.54, 1.807) is 11.9 Å². The van der Waals surface area contributed by atoms with Crippen LogP contribution >= 0.6 is 0 Å². The molecule has 0 atom stereocenters. The van der Waals surface area contributed by atoms with Gasteiger partial charge in [0.2, 0.25) is 0 Å². The lowest BCUT2D eigenvalue weighted by atomic mass is 10.1. The van der Waals surface area contributed by atoms with Gasteiger partial charge in [-0.15, -0.1) is 0 Å². The molecule has 0 bridgehead atoms. The highest BCUT2D eigenvalue weighted by Crippen LogP contribution is 2.17. The number of halogens is 1. The van der Waals surface area contributed by atoms with Crippen LogP contribution in [-0.2, 0) is 0 Å². The first kappa shape index (κ1) is 15.7. The number of aromatic nitrogens is 1. The summed E-state index contributed by atoms with van der Waals surface area (Å²) in [4.78, 5) is 20.6. The van der Waals surface area contributed by atoms with Gasteiger partial charge >= 0.3 is 0 Å². The minimum absolute atomic E-state index is 0.157. The first-order valence-corrected chi connectivity index (χ1v) is 7.36. The molecule has 1 aliphatic heterocycles. The normalized spacial score (nSPS) is 16.3. The molecular weight excluding hydrogens is 271 g/mol. The molecule has 1 amide bonds. The second kappa shape index (κ2) is 6.85. The molecule has 0 unspecified atom stereocenters. The number of amides is 1. The second-order valence-electron chi connectivity index (χ2n) is 5.79. The first-order valence-electron chi connectivity index (χ1n) is 7.36. The van der Waals surface area contributed by atoms with Gasteiger partial charge in [0, 0.05) is 39.8 Å². The Morgan fingerprint density at radius 2 is 2.05 bits per heavy atom. The van der Waals surface area contributed by atoms with E-state index in [9.17, 15) is 9.18 Å². The van der Waals surface area contributed by atoms with Crippen LogP contribution in [0.25, 0.3) is 0 Å². The van der Waals surface area contributed by atoms with E-state index in [4.69, 9.17) is 0 Å². The average Bonchev–Trinajstić information content (AvgIpc) is 2.46. The third kappa shape index (κ3) is 3.91. The number of nitrogens with zero attached hydrogens (tertiary/aromatic N) is 3. The molecule has 5 nitrogen and oxygen atoms in total. The molecule has 2 heterocycles. The van der Waals surface area contributed by atoms with E-state index in [2.05, 4.69) is 29.0 Å². The fraction of sp³-hybridized carbons (Fsp3) is 0.600. The Morgan fingerprint density at radius 1 is 1.38 bits per heavy atom. The number of hydrogen-bond acceptors (Lipinski definition) is 4. The van der Waals surface area contributed by atoms with Crippen LogP contribution in [0.2, 0.25) is 0 Å². The van der Waals surface area contributed by atoms with Crippen molar-refractivity contribution >= 4 is 11.7 Å². The van der Waals surface area contributed by atoms with Gasteiger partial charge in [0.1, 0.15) is 11.6 Å². The zero-order chi connectivity index (χ0) is 15.4. The van der Waals surface area contributed by atoms with Gasteiger partial charge in [-0.25, -0.2) is 9.37 Å². The SMILES string of the molecule is CNc1ncc(F)cc1C(=O)N1CCN(CC(C)C)CC1. The van der Waals surface area contributed by atoms with Crippen LogP contribution in [-0.4, -0.2) is 60.5 Å². The van der Waals surface area contributed by atoms with Gasteiger partial charge in [-0.05, 0) is 12.0 Å². The van der Waals surface area contributed by atoms with Gasteiger partial charge in [0.15, 0.2) is 0 Å². The number of pyridine rings is 1. The summed E-state index contributed by atoms with van der Waals surface area (Å²) in [6.07, 6.45) is 1.11. The topological polar surface area (TPSA) is 48.5 Å². The summed E-state index contributed by atoms with van der Waals surface area (Å²) < 4.78 is 13.3. The molecule has 0 radical (unpaired) electrons. The third-order valence-electron chi connectivity index (χ3n) is 3.60. The van der Waals surface area contributed by atoms with Crippen molar-refractivity contribution in [1.82, 2.24) is 14.8 Å². The fourth-order valence-corrected chi connectivity index (χ4v) is 2.62. The molecule has 1 aromatic heterocycles. The monoisotopic (exact) mass is 294 g/mol. The Balaban J connectivity index is 2.03. The molecule has 1 saturated heterocycles. The molecule has 1 aliphatic rings. The van der Waals surface area contributed by atoms with Crippen molar-refractivity contribution in [3.8, 4) is 0 Å². The van der Waals surface area contributed by atoms with Crippen molar-refractivity contribution in [2.24, 2.45) is 5.92 Å². The molecule has 0 aromatic carbocycles. The Labute approximate surface area is 125 Å². The maximum absolute atomic E-state index is 13.3. The third-order valence-corrected chi connectivity index (χ3v) is 3.60. The van der Waals surface area contributed by atoms with Crippen molar-refractivity contribution in [3.63, 3.8) is 0 Å². The predicted octanol–water partition coefficient (Wildman–Crippen LogP) is 1.68. The minimum Gasteiger partial charge on any atom is -0.372 e. The fourth-order valence-electron chi connectivity index (χ4n) is 2.62. The van der Waals surface area contributed by atoms with Gasteiger partial charge in [0.25, 0.3) is 5.91 Å². The van der Waals surface area contributed by atoms with Crippen molar-refractivity contribution in [1.29, 1.82) is 0 Å². The predicted molar refractivity (Wildman–Crippen MR) is 80.9 cm³/mol. The summed E-state index contributed by atoms with van der Waals surface area (Å²) in [7, 11) is 1.68. The number of carbonyl (C=O) groups is 1.